The van der Waals surface area contributed by atoms with Crippen molar-refractivity contribution in [2.24, 2.45) is 0 Å². The predicted octanol–water partition coefficient (Wildman–Crippen LogP) is 2.46. The first-order valence-corrected chi connectivity index (χ1v) is 8.22. The van der Waals surface area contributed by atoms with Gasteiger partial charge in [0.05, 0.1) is 11.1 Å². The topological polar surface area (TPSA) is 57.7 Å². The highest BCUT2D eigenvalue weighted by Crippen LogP contribution is 2.28. The summed E-state index contributed by atoms with van der Waals surface area (Å²) in [7, 11) is 0. The van der Waals surface area contributed by atoms with Gasteiger partial charge in [-0.15, -0.1) is 0 Å². The van der Waals surface area contributed by atoms with Crippen molar-refractivity contribution >= 4 is 17.7 Å². The number of rotatable bonds is 2. The molecule has 122 valence electrons. The number of carbonyl (C=O) groups excluding carboxylic acids is 3. The van der Waals surface area contributed by atoms with Crippen LogP contribution in [0.4, 0.5) is 0 Å². The predicted molar refractivity (Wildman–Crippen MR) is 86.0 cm³/mol. The SMILES string of the molecule is C[C@H](C(=O)N1[C@H](C)CCC[C@@H]1C)N1C(=O)c2ccccc2C1=O. The van der Waals surface area contributed by atoms with Crippen LogP contribution in [-0.4, -0.2) is 45.6 Å². The Hall–Kier alpha value is -2.17. The lowest BCUT2D eigenvalue weighted by Gasteiger charge is -2.41. The van der Waals surface area contributed by atoms with E-state index in [9.17, 15) is 14.4 Å². The van der Waals surface area contributed by atoms with Crippen LogP contribution < -0.4 is 0 Å². The number of hydrogen-bond acceptors (Lipinski definition) is 3. The number of fused-ring (bicyclic) bond motifs is 1. The van der Waals surface area contributed by atoms with Gasteiger partial charge < -0.3 is 4.90 Å². The van der Waals surface area contributed by atoms with E-state index >= 15 is 0 Å². The van der Waals surface area contributed by atoms with Crippen molar-refractivity contribution < 1.29 is 14.4 Å². The molecule has 1 aromatic rings. The highest BCUT2D eigenvalue weighted by atomic mass is 16.2. The number of imide groups is 1. The van der Waals surface area contributed by atoms with Crippen molar-refractivity contribution in [1.82, 2.24) is 9.80 Å². The lowest BCUT2D eigenvalue weighted by molar-refractivity contribution is -0.141. The van der Waals surface area contributed by atoms with E-state index < -0.39 is 6.04 Å². The van der Waals surface area contributed by atoms with Crippen LogP contribution in [0.1, 0.15) is 60.7 Å². The molecule has 0 saturated carbocycles. The number of amides is 3. The molecule has 0 aromatic heterocycles. The first-order chi connectivity index (χ1) is 10.9. The molecule has 1 fully saturated rings. The van der Waals surface area contributed by atoms with Crippen LogP contribution in [0.15, 0.2) is 24.3 Å². The molecule has 1 saturated heterocycles. The van der Waals surface area contributed by atoms with E-state index in [4.69, 9.17) is 0 Å². The van der Waals surface area contributed by atoms with Gasteiger partial charge in [0.25, 0.3) is 11.8 Å². The van der Waals surface area contributed by atoms with E-state index in [1.54, 1.807) is 31.2 Å². The fourth-order valence-corrected chi connectivity index (χ4v) is 3.74. The molecule has 3 rings (SSSR count). The van der Waals surface area contributed by atoms with Gasteiger partial charge in [-0.2, -0.15) is 0 Å². The Morgan fingerprint density at radius 3 is 2.00 bits per heavy atom. The number of carbonyl (C=O) groups is 3. The van der Waals surface area contributed by atoms with Crippen LogP contribution in [0.2, 0.25) is 0 Å². The summed E-state index contributed by atoms with van der Waals surface area (Å²) in [5.41, 5.74) is 0.772. The van der Waals surface area contributed by atoms with Crippen LogP contribution in [0, 0.1) is 0 Å². The van der Waals surface area contributed by atoms with Gasteiger partial charge in [0.2, 0.25) is 5.91 Å². The maximum absolute atomic E-state index is 12.9. The Morgan fingerprint density at radius 2 is 1.52 bits per heavy atom. The Bertz CT molecular complexity index is 625. The first-order valence-electron chi connectivity index (χ1n) is 8.22. The minimum atomic E-state index is -0.773. The molecule has 0 radical (unpaired) electrons. The van der Waals surface area contributed by atoms with Gasteiger partial charge in [-0.25, -0.2) is 0 Å². The Labute approximate surface area is 136 Å². The van der Waals surface area contributed by atoms with E-state index in [-0.39, 0.29) is 29.8 Å². The van der Waals surface area contributed by atoms with Gasteiger partial charge in [-0.1, -0.05) is 12.1 Å². The van der Waals surface area contributed by atoms with Gasteiger partial charge in [0, 0.05) is 12.1 Å². The van der Waals surface area contributed by atoms with Gasteiger partial charge in [-0.3, -0.25) is 19.3 Å². The maximum Gasteiger partial charge on any atom is 0.262 e. The normalized spacial score (nSPS) is 25.5. The molecule has 0 N–H and O–H groups in total. The molecule has 3 amide bonds. The van der Waals surface area contributed by atoms with Gasteiger partial charge in [-0.05, 0) is 52.2 Å². The highest BCUT2D eigenvalue weighted by molar-refractivity contribution is 6.22. The second-order valence-corrected chi connectivity index (χ2v) is 6.58. The molecule has 0 bridgehead atoms. The summed E-state index contributed by atoms with van der Waals surface area (Å²) in [6.07, 6.45) is 3.03. The molecular formula is C18H22N2O3. The smallest absolute Gasteiger partial charge is 0.262 e. The molecule has 2 aliphatic rings. The summed E-state index contributed by atoms with van der Waals surface area (Å²) in [6, 6.07) is 6.25. The van der Waals surface area contributed by atoms with E-state index in [1.165, 1.54) is 0 Å². The first kappa shape index (κ1) is 15.7. The monoisotopic (exact) mass is 314 g/mol. The van der Waals surface area contributed by atoms with Crippen LogP contribution >= 0.6 is 0 Å². The number of piperidine rings is 1. The van der Waals surface area contributed by atoms with Crippen molar-refractivity contribution in [1.29, 1.82) is 0 Å². The maximum atomic E-state index is 12.9. The second-order valence-electron chi connectivity index (χ2n) is 6.58. The molecular weight excluding hydrogens is 292 g/mol. The minimum Gasteiger partial charge on any atom is -0.335 e. The van der Waals surface area contributed by atoms with Gasteiger partial charge in [0.15, 0.2) is 0 Å². The zero-order valence-corrected chi connectivity index (χ0v) is 13.8. The summed E-state index contributed by atoms with van der Waals surface area (Å²) in [4.78, 5) is 41.0. The quantitative estimate of drug-likeness (QED) is 0.788. The molecule has 0 spiro atoms. The molecule has 0 unspecified atom stereocenters. The summed E-state index contributed by atoms with van der Waals surface area (Å²) in [5, 5.41) is 0. The molecule has 1 aromatic carbocycles. The van der Waals surface area contributed by atoms with E-state index in [1.807, 2.05) is 18.7 Å². The van der Waals surface area contributed by atoms with Crippen molar-refractivity contribution in [3.8, 4) is 0 Å². The van der Waals surface area contributed by atoms with Crippen LogP contribution in [0.5, 0.6) is 0 Å². The zero-order chi connectivity index (χ0) is 16.7. The van der Waals surface area contributed by atoms with Crippen LogP contribution in [-0.2, 0) is 4.79 Å². The number of nitrogens with zero attached hydrogens (tertiary/aromatic N) is 2. The summed E-state index contributed by atoms with van der Waals surface area (Å²) >= 11 is 0. The average molecular weight is 314 g/mol. The van der Waals surface area contributed by atoms with E-state index in [0.29, 0.717) is 11.1 Å². The number of benzene rings is 1. The summed E-state index contributed by atoms with van der Waals surface area (Å²) < 4.78 is 0. The molecule has 3 atom stereocenters. The Kier molecular flexibility index (Phi) is 3.96. The van der Waals surface area contributed by atoms with E-state index in [0.717, 1.165) is 24.2 Å². The highest BCUT2D eigenvalue weighted by Gasteiger charge is 2.43. The second kappa shape index (κ2) is 5.80. The van der Waals surface area contributed by atoms with Gasteiger partial charge in [0.1, 0.15) is 6.04 Å². The van der Waals surface area contributed by atoms with Crippen molar-refractivity contribution in [2.45, 2.75) is 58.2 Å². The third-order valence-electron chi connectivity index (χ3n) is 5.02. The average Bonchev–Trinajstić information content (AvgIpc) is 2.78. The number of hydrogen-bond donors (Lipinski definition) is 0. The molecule has 0 aliphatic carbocycles. The molecule has 23 heavy (non-hydrogen) atoms. The van der Waals surface area contributed by atoms with Crippen LogP contribution in [0.3, 0.4) is 0 Å². The van der Waals surface area contributed by atoms with Gasteiger partial charge >= 0.3 is 0 Å². The largest absolute Gasteiger partial charge is 0.335 e. The van der Waals surface area contributed by atoms with Crippen molar-refractivity contribution in [3.05, 3.63) is 35.4 Å². The molecule has 2 aliphatic heterocycles. The Balaban J connectivity index is 1.86. The fraction of sp³-hybridized carbons (Fsp3) is 0.500. The van der Waals surface area contributed by atoms with Crippen LogP contribution in [0.25, 0.3) is 0 Å². The van der Waals surface area contributed by atoms with Crippen molar-refractivity contribution in [2.75, 3.05) is 0 Å². The number of likely N-dealkylation sites (tertiary alicyclic amines) is 1. The summed E-state index contributed by atoms with van der Waals surface area (Å²) in [5.74, 6) is -0.883. The van der Waals surface area contributed by atoms with Crippen molar-refractivity contribution in [3.63, 3.8) is 0 Å². The fourth-order valence-electron chi connectivity index (χ4n) is 3.74. The summed E-state index contributed by atoms with van der Waals surface area (Å²) in [6.45, 7) is 5.71. The third-order valence-corrected chi connectivity index (χ3v) is 5.02. The third kappa shape index (κ3) is 2.44. The molecule has 2 heterocycles. The zero-order valence-electron chi connectivity index (χ0n) is 13.8. The Morgan fingerprint density at radius 1 is 1.04 bits per heavy atom. The standard InChI is InChI=1S/C18H22N2O3/c1-11-7-6-8-12(2)19(11)16(21)13(3)20-17(22)14-9-4-5-10-15(14)18(20)23/h4-5,9-13H,6-8H2,1-3H3/t11-,12+,13-/m1/s1. The van der Waals surface area contributed by atoms with E-state index in [2.05, 4.69) is 0 Å². The molecule has 5 nitrogen and oxygen atoms in total. The lowest BCUT2D eigenvalue weighted by Crippen LogP contribution is -2.55. The minimum absolute atomic E-state index is 0.140. The molecule has 5 heteroatoms. The lowest BCUT2D eigenvalue weighted by atomic mass is 9.96.